The molecule has 0 saturated carbocycles. The van der Waals surface area contributed by atoms with E-state index in [9.17, 15) is 9.59 Å². The maximum Gasteiger partial charge on any atom is 0.339 e. The molecule has 6 heteroatoms. The van der Waals surface area contributed by atoms with E-state index in [-0.39, 0.29) is 11.5 Å². The van der Waals surface area contributed by atoms with Gasteiger partial charge in [0.1, 0.15) is 11.3 Å². The molecule has 0 atom stereocenters. The number of hydrogen-bond donors (Lipinski definition) is 2. The minimum atomic E-state index is -1.01. The minimum absolute atomic E-state index is 0.107. The Morgan fingerprint density at radius 2 is 1.96 bits per heavy atom. The summed E-state index contributed by atoms with van der Waals surface area (Å²) in [7, 11) is 0. The van der Waals surface area contributed by atoms with Crippen LogP contribution in [0.15, 0.2) is 45.9 Å². The van der Waals surface area contributed by atoms with Gasteiger partial charge in [0, 0.05) is 11.4 Å². The first-order chi connectivity index (χ1) is 12.0. The zero-order valence-corrected chi connectivity index (χ0v) is 15.3. The largest absolute Gasteiger partial charge is 0.478 e. The van der Waals surface area contributed by atoms with E-state index in [1.807, 2.05) is 18.2 Å². The molecule has 134 valence electrons. The average molecular weight is 361 g/mol. The Labute approximate surface area is 151 Å². The van der Waals surface area contributed by atoms with Crippen LogP contribution in [0, 0.1) is 5.92 Å². The highest BCUT2D eigenvalue weighted by molar-refractivity contribution is 7.98. The lowest BCUT2D eigenvalue weighted by Crippen LogP contribution is -2.25. The van der Waals surface area contributed by atoms with Crippen LogP contribution in [0.1, 0.15) is 53.2 Å². The zero-order chi connectivity index (χ0) is 18.2. The van der Waals surface area contributed by atoms with Crippen molar-refractivity contribution in [2.75, 3.05) is 6.54 Å². The van der Waals surface area contributed by atoms with Crippen molar-refractivity contribution >= 4 is 23.6 Å². The normalized spacial score (nSPS) is 10.8. The Kier molecular flexibility index (Phi) is 7.13. The van der Waals surface area contributed by atoms with Crippen molar-refractivity contribution in [1.29, 1.82) is 0 Å². The number of carbonyl (C=O) groups is 2. The molecule has 2 N–H and O–H groups in total. The van der Waals surface area contributed by atoms with Gasteiger partial charge in [0.2, 0.25) is 0 Å². The van der Waals surface area contributed by atoms with Gasteiger partial charge in [-0.1, -0.05) is 26.0 Å². The lowest BCUT2D eigenvalue weighted by Gasteiger charge is -2.10. The fraction of sp³-hybridized carbons (Fsp3) is 0.368. The van der Waals surface area contributed by atoms with Crippen LogP contribution in [0.25, 0.3) is 0 Å². The number of thioether (sulfide) groups is 1. The second-order valence-electron chi connectivity index (χ2n) is 6.14. The van der Waals surface area contributed by atoms with Crippen molar-refractivity contribution in [3.63, 3.8) is 0 Å². The molecule has 2 rings (SSSR count). The van der Waals surface area contributed by atoms with E-state index in [0.717, 1.165) is 17.7 Å². The SMILES string of the molecule is CC(C)CCCNC(=O)c1ccccc1SCc1occc1C(=O)O. The average Bonchev–Trinajstić information content (AvgIpc) is 3.05. The first-order valence-electron chi connectivity index (χ1n) is 8.28. The summed E-state index contributed by atoms with van der Waals surface area (Å²) >= 11 is 1.39. The van der Waals surface area contributed by atoms with Gasteiger partial charge in [-0.2, -0.15) is 0 Å². The molecule has 1 aromatic carbocycles. The Balaban J connectivity index is 1.99. The number of carboxylic acid groups (broad SMARTS) is 1. The topological polar surface area (TPSA) is 79.5 Å². The first-order valence-corrected chi connectivity index (χ1v) is 9.27. The summed E-state index contributed by atoms with van der Waals surface area (Å²) < 4.78 is 5.25. The van der Waals surface area contributed by atoms with E-state index < -0.39 is 5.97 Å². The van der Waals surface area contributed by atoms with Gasteiger partial charge in [-0.25, -0.2) is 4.79 Å². The second kappa shape index (κ2) is 9.32. The van der Waals surface area contributed by atoms with E-state index in [4.69, 9.17) is 9.52 Å². The minimum Gasteiger partial charge on any atom is -0.478 e. The molecule has 0 bridgehead atoms. The van der Waals surface area contributed by atoms with Crippen LogP contribution in [0.2, 0.25) is 0 Å². The summed E-state index contributed by atoms with van der Waals surface area (Å²) in [5, 5.41) is 12.1. The number of aromatic carboxylic acids is 1. The predicted molar refractivity (Wildman–Crippen MR) is 98.1 cm³/mol. The molecule has 0 aliphatic rings. The number of carbonyl (C=O) groups excluding carboxylic acids is 1. The van der Waals surface area contributed by atoms with Crippen LogP contribution in [-0.4, -0.2) is 23.5 Å². The zero-order valence-electron chi connectivity index (χ0n) is 14.5. The van der Waals surface area contributed by atoms with E-state index >= 15 is 0 Å². The molecule has 0 fully saturated rings. The van der Waals surface area contributed by atoms with Gasteiger partial charge in [-0.3, -0.25) is 4.79 Å². The van der Waals surface area contributed by atoms with Gasteiger partial charge in [0.05, 0.1) is 17.6 Å². The van der Waals surface area contributed by atoms with E-state index in [1.165, 1.54) is 24.1 Å². The predicted octanol–water partition coefficient (Wildman–Crippen LogP) is 4.44. The van der Waals surface area contributed by atoms with Gasteiger partial charge >= 0.3 is 5.97 Å². The number of rotatable bonds is 9. The third kappa shape index (κ3) is 5.67. The molecule has 0 aliphatic carbocycles. The van der Waals surface area contributed by atoms with Crippen molar-refractivity contribution in [2.24, 2.45) is 5.92 Å². The Hall–Kier alpha value is -2.21. The van der Waals surface area contributed by atoms with Gasteiger partial charge in [-0.05, 0) is 37.0 Å². The molecule has 25 heavy (non-hydrogen) atoms. The van der Waals surface area contributed by atoms with Gasteiger partial charge in [-0.15, -0.1) is 11.8 Å². The molecule has 0 unspecified atom stereocenters. The van der Waals surface area contributed by atoms with Crippen molar-refractivity contribution < 1.29 is 19.1 Å². The summed E-state index contributed by atoms with van der Waals surface area (Å²) in [5.74, 6) is 0.248. The van der Waals surface area contributed by atoms with Crippen LogP contribution in [0.5, 0.6) is 0 Å². The summed E-state index contributed by atoms with van der Waals surface area (Å²) in [6, 6.07) is 8.75. The van der Waals surface area contributed by atoms with Gasteiger partial charge in [0.25, 0.3) is 5.91 Å². The molecule has 0 saturated heterocycles. The molecule has 0 spiro atoms. The summed E-state index contributed by atoms with van der Waals surface area (Å²) in [5.41, 5.74) is 0.753. The standard InChI is InChI=1S/C19H23NO4S/c1-13(2)6-5-10-20-18(21)15-7-3-4-8-17(15)25-12-16-14(19(22)23)9-11-24-16/h3-4,7-9,11,13H,5-6,10,12H2,1-2H3,(H,20,21)(H,22,23). The van der Waals surface area contributed by atoms with Crippen LogP contribution in [0.4, 0.5) is 0 Å². The fourth-order valence-electron chi connectivity index (χ4n) is 2.37. The molecule has 5 nitrogen and oxygen atoms in total. The molecular formula is C19H23NO4S. The van der Waals surface area contributed by atoms with Crippen molar-refractivity contribution in [1.82, 2.24) is 5.32 Å². The Bertz CT molecular complexity index is 724. The molecular weight excluding hydrogens is 338 g/mol. The maximum absolute atomic E-state index is 12.4. The highest BCUT2D eigenvalue weighted by atomic mass is 32.2. The molecule has 2 aromatic rings. The first kappa shape index (κ1) is 19.1. The smallest absolute Gasteiger partial charge is 0.339 e. The highest BCUT2D eigenvalue weighted by Gasteiger charge is 2.16. The van der Waals surface area contributed by atoms with E-state index in [0.29, 0.717) is 29.5 Å². The molecule has 1 amide bonds. The summed E-state index contributed by atoms with van der Waals surface area (Å²) in [6.45, 7) is 4.97. The monoisotopic (exact) mass is 361 g/mol. The molecule has 1 aromatic heterocycles. The number of amides is 1. The number of nitrogens with one attached hydrogen (secondary N) is 1. The number of furan rings is 1. The Morgan fingerprint density at radius 3 is 2.68 bits per heavy atom. The van der Waals surface area contributed by atoms with Crippen LogP contribution in [0.3, 0.4) is 0 Å². The number of hydrogen-bond acceptors (Lipinski definition) is 4. The van der Waals surface area contributed by atoms with E-state index in [1.54, 1.807) is 6.07 Å². The van der Waals surface area contributed by atoms with Gasteiger partial charge in [0.15, 0.2) is 0 Å². The number of benzene rings is 1. The van der Waals surface area contributed by atoms with Crippen LogP contribution < -0.4 is 5.32 Å². The van der Waals surface area contributed by atoms with Crippen LogP contribution in [-0.2, 0) is 5.75 Å². The highest BCUT2D eigenvalue weighted by Crippen LogP contribution is 2.28. The molecule has 0 aliphatic heterocycles. The molecule has 0 radical (unpaired) electrons. The maximum atomic E-state index is 12.4. The lowest BCUT2D eigenvalue weighted by atomic mass is 10.1. The quantitative estimate of drug-likeness (QED) is 0.510. The second-order valence-corrected chi connectivity index (χ2v) is 7.16. The third-order valence-electron chi connectivity index (χ3n) is 3.71. The van der Waals surface area contributed by atoms with Crippen molar-refractivity contribution in [3.8, 4) is 0 Å². The van der Waals surface area contributed by atoms with Crippen molar-refractivity contribution in [3.05, 3.63) is 53.5 Å². The fourth-order valence-corrected chi connectivity index (χ4v) is 3.37. The number of carboxylic acids is 1. The Morgan fingerprint density at radius 1 is 1.20 bits per heavy atom. The summed E-state index contributed by atoms with van der Waals surface area (Å²) in [6.07, 6.45) is 3.40. The van der Waals surface area contributed by atoms with Gasteiger partial charge < -0.3 is 14.8 Å². The summed E-state index contributed by atoms with van der Waals surface area (Å²) in [4.78, 5) is 24.3. The molecule has 1 heterocycles. The van der Waals surface area contributed by atoms with E-state index in [2.05, 4.69) is 19.2 Å². The van der Waals surface area contributed by atoms with Crippen LogP contribution >= 0.6 is 11.8 Å². The van der Waals surface area contributed by atoms with Crippen molar-refractivity contribution in [2.45, 2.75) is 37.3 Å². The lowest BCUT2D eigenvalue weighted by molar-refractivity contribution is 0.0694. The third-order valence-corrected chi connectivity index (χ3v) is 4.78.